The van der Waals surface area contributed by atoms with Crippen LogP contribution in [0.15, 0.2) is 36.4 Å². The van der Waals surface area contributed by atoms with E-state index in [0.29, 0.717) is 18.4 Å². The first-order valence-electron chi connectivity index (χ1n) is 7.62. The average Bonchev–Trinajstić information content (AvgIpc) is 2.51. The van der Waals surface area contributed by atoms with E-state index in [-0.39, 0.29) is 5.78 Å². The molecule has 1 unspecified atom stereocenters. The molecule has 0 amide bonds. The number of hydrogen-bond donors (Lipinski definition) is 1. The van der Waals surface area contributed by atoms with Crippen molar-refractivity contribution in [3.05, 3.63) is 69.8 Å². The van der Waals surface area contributed by atoms with Gasteiger partial charge in [0.15, 0.2) is 5.78 Å². The van der Waals surface area contributed by atoms with Gasteiger partial charge in [-0.3, -0.25) is 9.59 Å². The van der Waals surface area contributed by atoms with Crippen LogP contribution in [0.1, 0.15) is 44.6 Å². The Balaban J connectivity index is 1.78. The summed E-state index contributed by atoms with van der Waals surface area (Å²) < 4.78 is 0. The first-order valence-corrected chi connectivity index (χ1v) is 7.62. The average molecular weight is 292 g/mol. The Labute approximate surface area is 128 Å². The molecule has 0 spiro atoms. The van der Waals surface area contributed by atoms with Crippen molar-refractivity contribution in [1.82, 2.24) is 0 Å². The summed E-state index contributed by atoms with van der Waals surface area (Å²) in [5, 5.41) is 9.18. The van der Waals surface area contributed by atoms with E-state index in [9.17, 15) is 14.7 Å². The fraction of sp³-hybridized carbons (Fsp3) is 0.263. The van der Waals surface area contributed by atoms with E-state index in [1.54, 1.807) is 0 Å². The molecule has 110 valence electrons. The van der Waals surface area contributed by atoms with Crippen molar-refractivity contribution in [3.8, 4) is 0 Å². The predicted molar refractivity (Wildman–Crippen MR) is 82.3 cm³/mol. The van der Waals surface area contributed by atoms with Gasteiger partial charge in [-0.15, -0.1) is 0 Å². The zero-order chi connectivity index (χ0) is 15.3. The zero-order valence-corrected chi connectivity index (χ0v) is 12.1. The van der Waals surface area contributed by atoms with Gasteiger partial charge < -0.3 is 5.11 Å². The first kappa shape index (κ1) is 13.3. The van der Waals surface area contributed by atoms with Gasteiger partial charge in [0.1, 0.15) is 5.92 Å². The highest BCUT2D eigenvalue weighted by molar-refractivity contribution is 6.10. The Hall–Kier alpha value is -2.42. The molecule has 0 saturated carbocycles. The number of benzene rings is 2. The molecule has 0 heterocycles. The number of carbonyl (C=O) groups is 2. The molecule has 1 N–H and O–H groups in total. The number of carboxylic acid groups (broad SMARTS) is 1. The number of hydrogen-bond acceptors (Lipinski definition) is 2. The van der Waals surface area contributed by atoms with E-state index in [1.165, 1.54) is 16.7 Å². The second kappa shape index (κ2) is 4.80. The van der Waals surface area contributed by atoms with E-state index in [2.05, 4.69) is 24.3 Å². The Kier molecular flexibility index (Phi) is 2.89. The quantitative estimate of drug-likeness (QED) is 0.701. The third kappa shape index (κ3) is 1.97. The number of rotatable bonds is 1. The molecule has 0 aromatic heterocycles. The van der Waals surface area contributed by atoms with Crippen LogP contribution in [0, 0.1) is 5.92 Å². The van der Waals surface area contributed by atoms with Crippen LogP contribution < -0.4 is 0 Å². The summed E-state index contributed by atoms with van der Waals surface area (Å²) in [6, 6.07) is 12.4. The van der Waals surface area contributed by atoms with Crippen molar-refractivity contribution in [2.75, 3.05) is 0 Å². The van der Waals surface area contributed by atoms with Crippen LogP contribution in [-0.2, 0) is 24.1 Å². The van der Waals surface area contributed by atoms with Gasteiger partial charge in [-0.05, 0) is 59.6 Å². The molecule has 2 aliphatic rings. The van der Waals surface area contributed by atoms with Gasteiger partial charge in [-0.1, -0.05) is 30.3 Å². The van der Waals surface area contributed by atoms with Crippen LogP contribution in [0.25, 0.3) is 0 Å². The predicted octanol–water partition coefficient (Wildman–Crippen LogP) is 3.01. The highest BCUT2D eigenvalue weighted by Crippen LogP contribution is 2.33. The molecule has 3 heteroatoms. The van der Waals surface area contributed by atoms with Crippen molar-refractivity contribution in [1.29, 1.82) is 0 Å². The van der Waals surface area contributed by atoms with Gasteiger partial charge in [-0.25, -0.2) is 0 Å². The minimum atomic E-state index is -1.00. The Morgan fingerprint density at radius 1 is 0.955 bits per heavy atom. The summed E-state index contributed by atoms with van der Waals surface area (Å²) in [4.78, 5) is 23.6. The van der Waals surface area contributed by atoms with Gasteiger partial charge in [-0.2, -0.15) is 0 Å². The molecule has 0 bridgehead atoms. The highest BCUT2D eigenvalue weighted by atomic mass is 16.4. The van der Waals surface area contributed by atoms with Gasteiger partial charge in [0, 0.05) is 5.56 Å². The summed E-state index contributed by atoms with van der Waals surface area (Å²) in [5.74, 6) is -2.10. The van der Waals surface area contributed by atoms with Crippen LogP contribution in [0.4, 0.5) is 0 Å². The standard InChI is InChI=1S/C19H16O3/c20-18-16(19(21)22)6-5-13-9-14-7-11-3-1-2-4-12(11)8-15(14)10-17(13)18/h1-4,9-10,16H,5-8H2,(H,21,22). The fourth-order valence-corrected chi connectivity index (χ4v) is 3.67. The molecule has 4 rings (SSSR count). The summed E-state index contributed by atoms with van der Waals surface area (Å²) in [7, 11) is 0. The third-order valence-electron chi connectivity index (χ3n) is 4.89. The van der Waals surface area contributed by atoms with E-state index >= 15 is 0 Å². The maximum atomic E-state index is 12.4. The summed E-state index contributed by atoms with van der Waals surface area (Å²) >= 11 is 0. The summed E-state index contributed by atoms with van der Waals surface area (Å²) in [5.41, 5.74) is 6.72. The van der Waals surface area contributed by atoms with Crippen LogP contribution in [0.3, 0.4) is 0 Å². The second-order valence-corrected chi connectivity index (χ2v) is 6.19. The topological polar surface area (TPSA) is 54.4 Å². The van der Waals surface area contributed by atoms with Gasteiger partial charge in [0.2, 0.25) is 0 Å². The molecule has 1 atom stereocenters. The summed E-state index contributed by atoms with van der Waals surface area (Å²) in [6.45, 7) is 0. The highest BCUT2D eigenvalue weighted by Gasteiger charge is 2.33. The third-order valence-corrected chi connectivity index (χ3v) is 4.89. The molecular weight excluding hydrogens is 276 g/mol. The van der Waals surface area contributed by atoms with E-state index < -0.39 is 11.9 Å². The normalized spacial score (nSPS) is 19.1. The second-order valence-electron chi connectivity index (χ2n) is 6.19. The number of Topliss-reactive ketones (excluding diaryl/α,β-unsaturated/α-hetero) is 1. The zero-order valence-electron chi connectivity index (χ0n) is 12.1. The summed E-state index contributed by atoms with van der Waals surface area (Å²) in [6.07, 6.45) is 2.81. The lowest BCUT2D eigenvalue weighted by Crippen LogP contribution is -2.29. The lowest BCUT2D eigenvalue weighted by Gasteiger charge is -2.25. The van der Waals surface area contributed by atoms with Gasteiger partial charge in [0.25, 0.3) is 0 Å². The van der Waals surface area contributed by atoms with Crippen LogP contribution >= 0.6 is 0 Å². The fourth-order valence-electron chi connectivity index (χ4n) is 3.67. The lowest BCUT2D eigenvalue weighted by atomic mass is 9.77. The molecule has 0 radical (unpaired) electrons. The number of aryl methyl sites for hydroxylation is 1. The van der Waals surface area contributed by atoms with Crippen molar-refractivity contribution >= 4 is 11.8 Å². The molecule has 2 aromatic rings. The Morgan fingerprint density at radius 3 is 2.23 bits per heavy atom. The number of aliphatic carboxylic acids is 1. The van der Waals surface area contributed by atoms with Gasteiger partial charge in [0.05, 0.1) is 0 Å². The Bertz CT molecular complexity index is 804. The first-order chi connectivity index (χ1) is 10.6. The SMILES string of the molecule is O=C(O)C1CCc2cc3c(cc2C1=O)Cc1ccccc1C3. The minimum Gasteiger partial charge on any atom is -0.481 e. The maximum absolute atomic E-state index is 12.4. The lowest BCUT2D eigenvalue weighted by molar-refractivity contribution is -0.140. The van der Waals surface area contributed by atoms with Crippen LogP contribution in [0.2, 0.25) is 0 Å². The van der Waals surface area contributed by atoms with Crippen LogP contribution in [-0.4, -0.2) is 16.9 Å². The van der Waals surface area contributed by atoms with Gasteiger partial charge >= 0.3 is 5.97 Å². The number of carbonyl (C=O) groups excluding carboxylic acids is 1. The molecule has 2 aromatic carbocycles. The molecule has 3 nitrogen and oxygen atoms in total. The smallest absolute Gasteiger partial charge is 0.314 e. The Morgan fingerprint density at radius 2 is 1.59 bits per heavy atom. The minimum absolute atomic E-state index is 0.226. The van der Waals surface area contributed by atoms with Crippen molar-refractivity contribution < 1.29 is 14.7 Å². The molecule has 0 aliphatic heterocycles. The molecule has 0 fully saturated rings. The number of carboxylic acids is 1. The molecule has 22 heavy (non-hydrogen) atoms. The largest absolute Gasteiger partial charge is 0.481 e. The van der Waals surface area contributed by atoms with Crippen molar-refractivity contribution in [3.63, 3.8) is 0 Å². The van der Waals surface area contributed by atoms with Crippen molar-refractivity contribution in [2.24, 2.45) is 5.92 Å². The molecule has 2 aliphatic carbocycles. The van der Waals surface area contributed by atoms with Crippen LogP contribution in [0.5, 0.6) is 0 Å². The van der Waals surface area contributed by atoms with E-state index in [0.717, 1.165) is 24.0 Å². The monoisotopic (exact) mass is 292 g/mol. The maximum Gasteiger partial charge on any atom is 0.314 e. The molecular formula is C19H16O3. The molecule has 0 saturated heterocycles. The van der Waals surface area contributed by atoms with E-state index in [1.807, 2.05) is 12.1 Å². The number of ketones is 1. The number of fused-ring (bicyclic) bond motifs is 3. The van der Waals surface area contributed by atoms with E-state index in [4.69, 9.17) is 0 Å². The van der Waals surface area contributed by atoms with Crippen molar-refractivity contribution in [2.45, 2.75) is 25.7 Å².